The molecule has 0 aromatic heterocycles. The van der Waals surface area contributed by atoms with Crippen molar-refractivity contribution in [3.05, 3.63) is 42.5 Å². The summed E-state index contributed by atoms with van der Waals surface area (Å²) in [5.74, 6) is -0.0198. The maximum atomic E-state index is 12.1. The van der Waals surface area contributed by atoms with E-state index in [1.807, 2.05) is 63.2 Å². The lowest BCUT2D eigenvalue weighted by Crippen LogP contribution is -2.33. The highest BCUT2D eigenvalue weighted by molar-refractivity contribution is 6.02. The number of alkyl carbamates (subject to hydrolysis) is 1. The zero-order chi connectivity index (χ0) is 18.3. The van der Waals surface area contributed by atoms with Gasteiger partial charge in [-0.05, 0) is 45.1 Å². The first-order valence-corrected chi connectivity index (χ1v) is 8.59. The van der Waals surface area contributed by atoms with E-state index in [0.29, 0.717) is 19.4 Å². The molecule has 0 aliphatic heterocycles. The third-order valence-corrected chi connectivity index (χ3v) is 3.56. The molecule has 0 radical (unpaired) electrons. The molecule has 0 saturated carbocycles. The van der Waals surface area contributed by atoms with Crippen molar-refractivity contribution in [2.24, 2.45) is 0 Å². The normalized spacial score (nSPS) is 11.2. The summed E-state index contributed by atoms with van der Waals surface area (Å²) in [7, 11) is 0. The van der Waals surface area contributed by atoms with Crippen molar-refractivity contribution in [2.45, 2.75) is 45.6 Å². The van der Waals surface area contributed by atoms with Gasteiger partial charge in [-0.25, -0.2) is 4.79 Å². The lowest BCUT2D eigenvalue weighted by atomic mass is 10.1. The second-order valence-electron chi connectivity index (χ2n) is 6.96. The molecule has 2 rings (SSSR count). The standard InChI is InChI=1S/C20H26N2O3/c1-20(2,3)25-19(24)21-14-7-6-13-18(23)22-17-12-8-10-15-9-4-5-11-16(15)17/h4-5,8-12H,6-7,13-14H2,1-3H3,(H,21,24)(H,22,23). The number of rotatable bonds is 6. The maximum Gasteiger partial charge on any atom is 0.407 e. The van der Waals surface area contributed by atoms with Crippen LogP contribution >= 0.6 is 0 Å². The second-order valence-corrected chi connectivity index (χ2v) is 6.96. The fraction of sp³-hybridized carbons (Fsp3) is 0.400. The van der Waals surface area contributed by atoms with Crippen molar-refractivity contribution >= 4 is 28.5 Å². The smallest absolute Gasteiger partial charge is 0.407 e. The minimum atomic E-state index is -0.498. The van der Waals surface area contributed by atoms with E-state index in [1.54, 1.807) is 0 Å². The van der Waals surface area contributed by atoms with Crippen LogP contribution in [0.2, 0.25) is 0 Å². The number of carbonyl (C=O) groups excluding carboxylic acids is 2. The molecule has 0 aliphatic carbocycles. The molecule has 5 heteroatoms. The molecule has 134 valence electrons. The van der Waals surface area contributed by atoms with Crippen LogP contribution in [0.1, 0.15) is 40.0 Å². The SMILES string of the molecule is CC(C)(C)OC(=O)NCCCCC(=O)Nc1cccc2ccccc12. The second kappa shape index (κ2) is 8.51. The average Bonchev–Trinajstić information content (AvgIpc) is 2.53. The molecule has 0 unspecified atom stereocenters. The summed E-state index contributed by atoms with van der Waals surface area (Å²) in [4.78, 5) is 23.6. The fourth-order valence-corrected chi connectivity index (χ4v) is 2.46. The fourth-order valence-electron chi connectivity index (χ4n) is 2.46. The van der Waals surface area contributed by atoms with Crippen LogP contribution < -0.4 is 10.6 Å². The number of benzene rings is 2. The van der Waals surface area contributed by atoms with Gasteiger partial charge in [0.15, 0.2) is 0 Å². The van der Waals surface area contributed by atoms with Gasteiger partial charge in [0.25, 0.3) is 0 Å². The van der Waals surface area contributed by atoms with Crippen LogP contribution in [-0.2, 0) is 9.53 Å². The van der Waals surface area contributed by atoms with Crippen LogP contribution in [0.25, 0.3) is 10.8 Å². The monoisotopic (exact) mass is 342 g/mol. The molecule has 0 saturated heterocycles. The Hall–Kier alpha value is -2.56. The van der Waals surface area contributed by atoms with E-state index in [2.05, 4.69) is 10.6 Å². The first-order valence-electron chi connectivity index (χ1n) is 8.59. The highest BCUT2D eigenvalue weighted by Crippen LogP contribution is 2.23. The van der Waals surface area contributed by atoms with Gasteiger partial charge in [-0.15, -0.1) is 0 Å². The Labute approximate surface area is 148 Å². The Morgan fingerprint density at radius 1 is 1.00 bits per heavy atom. The number of hydrogen-bond donors (Lipinski definition) is 2. The molecule has 2 N–H and O–H groups in total. The van der Waals surface area contributed by atoms with Crippen LogP contribution in [0.5, 0.6) is 0 Å². The molecule has 0 bridgehead atoms. The average molecular weight is 342 g/mol. The van der Waals surface area contributed by atoms with Gasteiger partial charge in [-0.3, -0.25) is 4.79 Å². The molecular formula is C20H26N2O3. The number of amides is 2. The highest BCUT2D eigenvalue weighted by Gasteiger charge is 2.15. The van der Waals surface area contributed by atoms with E-state index < -0.39 is 11.7 Å². The van der Waals surface area contributed by atoms with E-state index in [0.717, 1.165) is 22.9 Å². The maximum absolute atomic E-state index is 12.1. The van der Waals surface area contributed by atoms with Gasteiger partial charge < -0.3 is 15.4 Å². The van der Waals surface area contributed by atoms with Crippen LogP contribution in [0, 0.1) is 0 Å². The molecule has 0 atom stereocenters. The van der Waals surface area contributed by atoms with Gasteiger partial charge in [0.1, 0.15) is 5.60 Å². The number of fused-ring (bicyclic) bond motifs is 1. The molecule has 0 spiro atoms. The summed E-state index contributed by atoms with van der Waals surface area (Å²) in [6, 6.07) is 13.8. The van der Waals surface area contributed by atoms with Gasteiger partial charge >= 0.3 is 6.09 Å². The summed E-state index contributed by atoms with van der Waals surface area (Å²) < 4.78 is 5.16. The summed E-state index contributed by atoms with van der Waals surface area (Å²) in [5, 5.41) is 7.79. The Balaban J connectivity index is 1.72. The zero-order valence-electron chi connectivity index (χ0n) is 15.1. The van der Waals surface area contributed by atoms with Crippen LogP contribution in [0.15, 0.2) is 42.5 Å². The topological polar surface area (TPSA) is 67.4 Å². The Kier molecular flexibility index (Phi) is 6.39. The predicted molar refractivity (Wildman–Crippen MR) is 101 cm³/mol. The minimum absolute atomic E-state index is 0.0198. The van der Waals surface area contributed by atoms with Gasteiger partial charge in [0.05, 0.1) is 0 Å². The Bertz CT molecular complexity index is 730. The quantitative estimate of drug-likeness (QED) is 0.761. The van der Waals surface area contributed by atoms with Crippen molar-refractivity contribution in [1.82, 2.24) is 5.32 Å². The number of unbranched alkanes of at least 4 members (excludes halogenated alkanes) is 1. The molecule has 2 aromatic rings. The number of anilines is 1. The van der Waals surface area contributed by atoms with Crippen molar-refractivity contribution in [3.63, 3.8) is 0 Å². The van der Waals surface area contributed by atoms with E-state index in [1.165, 1.54) is 0 Å². The zero-order valence-corrected chi connectivity index (χ0v) is 15.1. The largest absolute Gasteiger partial charge is 0.444 e. The number of carbonyl (C=O) groups is 2. The number of hydrogen-bond acceptors (Lipinski definition) is 3. The Morgan fingerprint density at radius 3 is 2.48 bits per heavy atom. The lowest BCUT2D eigenvalue weighted by Gasteiger charge is -2.19. The molecule has 2 aromatic carbocycles. The van der Waals surface area contributed by atoms with Crippen LogP contribution in [0.3, 0.4) is 0 Å². The first-order chi connectivity index (χ1) is 11.8. The van der Waals surface area contributed by atoms with E-state index in [-0.39, 0.29) is 5.91 Å². The molecule has 2 amide bonds. The van der Waals surface area contributed by atoms with E-state index in [4.69, 9.17) is 4.74 Å². The van der Waals surface area contributed by atoms with Gasteiger partial charge in [0.2, 0.25) is 5.91 Å². The van der Waals surface area contributed by atoms with Gasteiger partial charge in [-0.2, -0.15) is 0 Å². The van der Waals surface area contributed by atoms with Crippen LogP contribution in [0.4, 0.5) is 10.5 Å². The third kappa shape index (κ3) is 6.45. The number of nitrogens with one attached hydrogen (secondary N) is 2. The minimum Gasteiger partial charge on any atom is -0.444 e. The molecule has 5 nitrogen and oxygen atoms in total. The Morgan fingerprint density at radius 2 is 1.72 bits per heavy atom. The van der Waals surface area contributed by atoms with E-state index in [9.17, 15) is 9.59 Å². The van der Waals surface area contributed by atoms with Gasteiger partial charge in [-0.1, -0.05) is 36.4 Å². The first kappa shape index (κ1) is 18.8. The molecule has 0 heterocycles. The van der Waals surface area contributed by atoms with Crippen LogP contribution in [-0.4, -0.2) is 24.1 Å². The lowest BCUT2D eigenvalue weighted by molar-refractivity contribution is -0.116. The molecule has 25 heavy (non-hydrogen) atoms. The summed E-state index contributed by atoms with van der Waals surface area (Å²) in [6.45, 7) is 5.97. The van der Waals surface area contributed by atoms with Crippen molar-refractivity contribution in [1.29, 1.82) is 0 Å². The highest BCUT2D eigenvalue weighted by atomic mass is 16.6. The molecule has 0 aliphatic rings. The number of ether oxygens (including phenoxy) is 1. The van der Waals surface area contributed by atoms with Crippen molar-refractivity contribution in [3.8, 4) is 0 Å². The summed E-state index contributed by atoms with van der Waals surface area (Å²) in [5.41, 5.74) is 0.331. The third-order valence-electron chi connectivity index (χ3n) is 3.56. The van der Waals surface area contributed by atoms with Crippen molar-refractivity contribution in [2.75, 3.05) is 11.9 Å². The van der Waals surface area contributed by atoms with Gasteiger partial charge in [0, 0.05) is 24.0 Å². The van der Waals surface area contributed by atoms with Crippen molar-refractivity contribution < 1.29 is 14.3 Å². The summed E-state index contributed by atoms with van der Waals surface area (Å²) in [6.07, 6.45) is 1.42. The molecular weight excluding hydrogens is 316 g/mol. The predicted octanol–water partition coefficient (Wildman–Crippen LogP) is 4.47. The van der Waals surface area contributed by atoms with E-state index >= 15 is 0 Å². The summed E-state index contributed by atoms with van der Waals surface area (Å²) >= 11 is 0. The molecule has 0 fully saturated rings.